The van der Waals surface area contributed by atoms with Crippen LogP contribution in [-0.4, -0.2) is 48.7 Å². The predicted octanol–water partition coefficient (Wildman–Crippen LogP) is 1.92. The fraction of sp³-hybridized carbons (Fsp3) is 0.400. The normalized spacial score (nSPS) is 15.8. The zero-order chi connectivity index (χ0) is 16.5. The molecule has 0 amide bonds. The molecule has 1 fully saturated rings. The second-order valence-corrected chi connectivity index (χ2v) is 6.12. The number of anilines is 1. The molecule has 0 spiro atoms. The zero-order valence-electron chi connectivity index (χ0n) is 13.1. The lowest BCUT2D eigenvalue weighted by molar-refractivity contribution is 0.156. The van der Waals surface area contributed by atoms with Crippen molar-refractivity contribution in [1.82, 2.24) is 29.5 Å². The Kier molecular flexibility index (Phi) is 3.89. The number of halogens is 1. The summed E-state index contributed by atoms with van der Waals surface area (Å²) in [6.45, 7) is 3.59. The number of nitrogens with zero attached hydrogens (tertiary/aromatic N) is 7. The van der Waals surface area contributed by atoms with Crippen LogP contribution in [0.2, 0.25) is 5.02 Å². The molecule has 0 aromatic carbocycles. The molecule has 0 aliphatic carbocycles. The fourth-order valence-electron chi connectivity index (χ4n) is 2.85. The molecular formula is C15H16ClN7O. The molecule has 0 radical (unpaired) electrons. The van der Waals surface area contributed by atoms with Crippen molar-refractivity contribution in [3.05, 3.63) is 35.6 Å². The summed E-state index contributed by atoms with van der Waals surface area (Å²) in [4.78, 5) is 14.9. The molecular weight excluding hydrogens is 330 g/mol. The van der Waals surface area contributed by atoms with Crippen LogP contribution in [0.1, 0.15) is 18.7 Å². The van der Waals surface area contributed by atoms with Gasteiger partial charge in [-0.15, -0.1) is 10.2 Å². The van der Waals surface area contributed by atoms with E-state index in [1.54, 1.807) is 6.20 Å². The highest BCUT2D eigenvalue weighted by molar-refractivity contribution is 6.30. The number of piperidine rings is 1. The van der Waals surface area contributed by atoms with Gasteiger partial charge in [0.25, 0.3) is 0 Å². The van der Waals surface area contributed by atoms with Gasteiger partial charge in [0, 0.05) is 38.3 Å². The first-order valence-electron chi connectivity index (χ1n) is 7.76. The third kappa shape index (κ3) is 2.84. The SMILES string of the molecule is Cc1nnc2c(N3CCC(Oc4ncc(Cl)cn4)CC3)nccn12. The molecule has 3 aromatic rings. The lowest BCUT2D eigenvalue weighted by atomic mass is 10.1. The molecule has 124 valence electrons. The van der Waals surface area contributed by atoms with Gasteiger partial charge >= 0.3 is 6.01 Å². The largest absolute Gasteiger partial charge is 0.460 e. The Hall–Kier alpha value is -2.48. The number of aromatic nitrogens is 6. The Bertz CT molecular complexity index is 843. The minimum absolute atomic E-state index is 0.0850. The van der Waals surface area contributed by atoms with Crippen molar-refractivity contribution < 1.29 is 4.74 Å². The number of fused-ring (bicyclic) bond motifs is 1. The first-order valence-corrected chi connectivity index (χ1v) is 8.14. The van der Waals surface area contributed by atoms with E-state index in [0.717, 1.165) is 43.2 Å². The summed E-state index contributed by atoms with van der Waals surface area (Å²) in [5.41, 5.74) is 0.787. The topological polar surface area (TPSA) is 81.3 Å². The van der Waals surface area contributed by atoms with Crippen LogP contribution >= 0.6 is 11.6 Å². The van der Waals surface area contributed by atoms with Gasteiger partial charge < -0.3 is 9.64 Å². The average Bonchev–Trinajstić information content (AvgIpc) is 2.99. The van der Waals surface area contributed by atoms with Gasteiger partial charge in [-0.1, -0.05) is 11.6 Å². The standard InChI is InChI=1S/C15H16ClN7O/c1-10-20-21-14-13(17-4-7-23(10)14)22-5-2-12(3-6-22)24-15-18-8-11(16)9-19-15/h4,7-9,12H,2-3,5-6H2,1H3. The molecule has 0 saturated carbocycles. The van der Waals surface area contributed by atoms with E-state index in [1.807, 2.05) is 17.5 Å². The number of hydrogen-bond acceptors (Lipinski definition) is 7. The quantitative estimate of drug-likeness (QED) is 0.717. The van der Waals surface area contributed by atoms with Crippen LogP contribution in [0, 0.1) is 6.92 Å². The van der Waals surface area contributed by atoms with E-state index in [4.69, 9.17) is 16.3 Å². The molecule has 0 N–H and O–H groups in total. The second-order valence-electron chi connectivity index (χ2n) is 5.68. The van der Waals surface area contributed by atoms with E-state index < -0.39 is 0 Å². The van der Waals surface area contributed by atoms with Crippen LogP contribution in [-0.2, 0) is 0 Å². The van der Waals surface area contributed by atoms with Gasteiger partial charge in [0.1, 0.15) is 11.9 Å². The van der Waals surface area contributed by atoms with Crippen LogP contribution in [0.5, 0.6) is 6.01 Å². The summed E-state index contributed by atoms with van der Waals surface area (Å²) in [5, 5.41) is 8.86. The molecule has 1 aliphatic heterocycles. The van der Waals surface area contributed by atoms with Gasteiger partial charge in [-0.25, -0.2) is 15.0 Å². The Labute approximate surface area is 143 Å². The van der Waals surface area contributed by atoms with Gasteiger partial charge in [-0.2, -0.15) is 0 Å². The lowest BCUT2D eigenvalue weighted by Gasteiger charge is -2.32. The minimum atomic E-state index is 0.0850. The van der Waals surface area contributed by atoms with Crippen LogP contribution in [0.4, 0.5) is 5.82 Å². The van der Waals surface area contributed by atoms with Crippen LogP contribution < -0.4 is 9.64 Å². The summed E-state index contributed by atoms with van der Waals surface area (Å²) < 4.78 is 7.78. The molecule has 0 bridgehead atoms. The molecule has 9 heteroatoms. The van der Waals surface area contributed by atoms with Crippen molar-refractivity contribution in [3.8, 4) is 6.01 Å². The van der Waals surface area contributed by atoms with Gasteiger partial charge in [-0.3, -0.25) is 4.40 Å². The summed E-state index contributed by atoms with van der Waals surface area (Å²) in [5.74, 6) is 1.71. The van der Waals surface area contributed by atoms with Gasteiger partial charge in [-0.05, 0) is 6.92 Å². The maximum atomic E-state index is 5.82. The first kappa shape index (κ1) is 15.1. The van der Waals surface area contributed by atoms with Gasteiger partial charge in [0.15, 0.2) is 5.82 Å². The first-order chi connectivity index (χ1) is 11.7. The summed E-state index contributed by atoms with van der Waals surface area (Å²) >= 11 is 5.78. The maximum absolute atomic E-state index is 5.82. The van der Waals surface area contributed by atoms with Crippen molar-refractivity contribution in [2.45, 2.75) is 25.9 Å². The van der Waals surface area contributed by atoms with Crippen LogP contribution in [0.15, 0.2) is 24.8 Å². The lowest BCUT2D eigenvalue weighted by Crippen LogP contribution is -2.39. The molecule has 0 atom stereocenters. The molecule has 1 saturated heterocycles. The van der Waals surface area contributed by atoms with Crippen LogP contribution in [0.3, 0.4) is 0 Å². The molecule has 0 unspecified atom stereocenters. The number of hydrogen-bond donors (Lipinski definition) is 0. The Morgan fingerprint density at radius 2 is 1.88 bits per heavy atom. The van der Waals surface area contributed by atoms with E-state index >= 15 is 0 Å². The van der Waals surface area contributed by atoms with Crippen molar-refractivity contribution in [2.75, 3.05) is 18.0 Å². The maximum Gasteiger partial charge on any atom is 0.316 e. The fourth-order valence-corrected chi connectivity index (χ4v) is 2.95. The highest BCUT2D eigenvalue weighted by atomic mass is 35.5. The average molecular weight is 346 g/mol. The number of rotatable bonds is 3. The summed E-state index contributed by atoms with van der Waals surface area (Å²) in [6.07, 6.45) is 8.55. The number of aryl methyl sites for hydroxylation is 1. The second kappa shape index (κ2) is 6.20. The van der Waals surface area contributed by atoms with E-state index in [2.05, 4.69) is 30.0 Å². The van der Waals surface area contributed by atoms with Crippen molar-refractivity contribution >= 4 is 23.1 Å². The highest BCUT2D eigenvalue weighted by Crippen LogP contribution is 2.23. The van der Waals surface area contributed by atoms with Gasteiger partial charge in [0.05, 0.1) is 17.4 Å². The zero-order valence-corrected chi connectivity index (χ0v) is 13.9. The smallest absolute Gasteiger partial charge is 0.316 e. The Morgan fingerprint density at radius 1 is 1.12 bits per heavy atom. The molecule has 1 aliphatic rings. The molecule has 4 heterocycles. The molecule has 24 heavy (non-hydrogen) atoms. The molecule has 3 aromatic heterocycles. The van der Waals surface area contributed by atoms with Crippen molar-refractivity contribution in [3.63, 3.8) is 0 Å². The summed E-state index contributed by atoms with van der Waals surface area (Å²) in [6, 6.07) is 0.367. The van der Waals surface area contributed by atoms with Crippen molar-refractivity contribution in [1.29, 1.82) is 0 Å². The van der Waals surface area contributed by atoms with Gasteiger partial charge in [0.2, 0.25) is 5.65 Å². The monoisotopic (exact) mass is 345 g/mol. The van der Waals surface area contributed by atoms with Crippen LogP contribution in [0.25, 0.3) is 5.65 Å². The third-order valence-electron chi connectivity index (χ3n) is 4.09. The third-order valence-corrected chi connectivity index (χ3v) is 4.28. The summed E-state index contributed by atoms with van der Waals surface area (Å²) in [7, 11) is 0. The van der Waals surface area contributed by atoms with Crippen molar-refractivity contribution in [2.24, 2.45) is 0 Å². The highest BCUT2D eigenvalue weighted by Gasteiger charge is 2.24. The predicted molar refractivity (Wildman–Crippen MR) is 88.4 cm³/mol. The van der Waals surface area contributed by atoms with E-state index in [1.165, 1.54) is 12.4 Å². The number of ether oxygens (including phenoxy) is 1. The Morgan fingerprint density at radius 3 is 2.62 bits per heavy atom. The Balaban J connectivity index is 1.44. The minimum Gasteiger partial charge on any atom is -0.460 e. The van der Waals surface area contributed by atoms with E-state index in [0.29, 0.717) is 11.0 Å². The molecule has 8 nitrogen and oxygen atoms in total. The molecule has 4 rings (SSSR count). The van der Waals surface area contributed by atoms with E-state index in [9.17, 15) is 0 Å². The van der Waals surface area contributed by atoms with E-state index in [-0.39, 0.29) is 6.10 Å².